The summed E-state index contributed by atoms with van der Waals surface area (Å²) in [7, 11) is 0. The zero-order valence-corrected chi connectivity index (χ0v) is 8.93. The van der Waals surface area contributed by atoms with Crippen LogP contribution in [0.15, 0.2) is 36.7 Å². The summed E-state index contributed by atoms with van der Waals surface area (Å²) in [5.74, 6) is 0.820. The van der Waals surface area contributed by atoms with Gasteiger partial charge >= 0.3 is 0 Å². The Morgan fingerprint density at radius 2 is 2.06 bits per heavy atom. The lowest BCUT2D eigenvalue weighted by Gasteiger charge is -2.28. The normalized spacial score (nSPS) is 14.6. The highest BCUT2D eigenvalue weighted by molar-refractivity contribution is 5.38. The van der Waals surface area contributed by atoms with E-state index in [-0.39, 0.29) is 0 Å². The predicted molar refractivity (Wildman–Crippen MR) is 62.1 cm³/mol. The maximum atomic E-state index is 4.28. The molecular weight excluding hydrogens is 198 g/mol. The van der Waals surface area contributed by atoms with E-state index < -0.39 is 0 Å². The summed E-state index contributed by atoms with van der Waals surface area (Å²) >= 11 is 0. The third kappa shape index (κ3) is 1.65. The van der Waals surface area contributed by atoms with Crippen molar-refractivity contribution in [3.63, 3.8) is 0 Å². The quantitative estimate of drug-likeness (QED) is 0.719. The summed E-state index contributed by atoms with van der Waals surface area (Å²) < 4.78 is 0. The third-order valence-corrected chi connectivity index (χ3v) is 2.90. The highest BCUT2D eigenvalue weighted by Gasteiger charge is 2.17. The van der Waals surface area contributed by atoms with Crippen molar-refractivity contribution in [2.45, 2.75) is 13.0 Å². The number of nitrogens with zero attached hydrogens (tertiary/aromatic N) is 3. The van der Waals surface area contributed by atoms with Crippen LogP contribution >= 0.6 is 0 Å². The summed E-state index contributed by atoms with van der Waals surface area (Å²) in [6, 6.07) is 11.1. The molecule has 1 aliphatic rings. The van der Waals surface area contributed by atoms with Gasteiger partial charge < -0.3 is 4.90 Å². The Kier molecular flexibility index (Phi) is 2.29. The first kappa shape index (κ1) is 9.33. The monoisotopic (exact) mass is 210 g/mol. The van der Waals surface area contributed by atoms with Crippen molar-refractivity contribution >= 4 is 5.95 Å². The molecule has 0 atom stereocenters. The van der Waals surface area contributed by atoms with Gasteiger partial charge in [-0.05, 0) is 29.7 Å². The summed E-state index contributed by atoms with van der Waals surface area (Å²) in [6.07, 6.45) is 4.62. The predicted octanol–water partition coefficient (Wildman–Crippen LogP) is 1.84. The van der Waals surface area contributed by atoms with Gasteiger partial charge in [-0.15, -0.1) is 0 Å². The Balaban J connectivity index is 1.89. The zero-order chi connectivity index (χ0) is 10.8. The molecule has 79 valence electrons. The van der Waals surface area contributed by atoms with Gasteiger partial charge in [-0.3, -0.25) is 0 Å². The largest absolute Gasteiger partial charge is 0.336 e. The molecule has 0 saturated heterocycles. The van der Waals surface area contributed by atoms with Gasteiger partial charge in [-0.25, -0.2) is 9.97 Å². The molecule has 0 saturated carbocycles. The minimum Gasteiger partial charge on any atom is -0.336 e. The maximum Gasteiger partial charge on any atom is 0.225 e. The van der Waals surface area contributed by atoms with Crippen LogP contribution < -0.4 is 4.90 Å². The van der Waals surface area contributed by atoms with Crippen LogP contribution in [0.3, 0.4) is 0 Å². The smallest absolute Gasteiger partial charge is 0.225 e. The minimum atomic E-state index is 0.820. The molecule has 3 nitrogen and oxygen atoms in total. The topological polar surface area (TPSA) is 29.0 Å². The minimum absolute atomic E-state index is 0.820. The third-order valence-electron chi connectivity index (χ3n) is 2.90. The van der Waals surface area contributed by atoms with Gasteiger partial charge in [0.15, 0.2) is 0 Å². The maximum absolute atomic E-state index is 4.28. The highest BCUT2D eigenvalue weighted by atomic mass is 15.2. The summed E-state index contributed by atoms with van der Waals surface area (Å²) in [5, 5.41) is 0. The van der Waals surface area contributed by atoms with Gasteiger partial charge in [-0.1, -0.05) is 18.2 Å². The molecule has 0 bridgehead atoms. The van der Waals surface area contributed by atoms with Crippen molar-refractivity contribution < 1.29 is 0 Å². The van der Waals surface area contributed by atoms with E-state index in [4.69, 9.17) is 0 Å². The van der Waals surface area contributed by atoms with E-state index >= 15 is 0 Å². The van der Waals surface area contributed by atoms with Crippen molar-refractivity contribution in [2.24, 2.45) is 0 Å². The molecule has 0 N–H and O–H groups in total. The van der Waals surface area contributed by atoms with Gasteiger partial charge in [-0.2, -0.15) is 0 Å². The van der Waals surface area contributed by atoms with E-state index in [1.165, 1.54) is 11.1 Å². The average Bonchev–Trinajstić information content (AvgIpc) is 2.39. The van der Waals surface area contributed by atoms with Crippen molar-refractivity contribution in [1.82, 2.24) is 9.97 Å². The van der Waals surface area contributed by atoms with Gasteiger partial charge in [0.25, 0.3) is 0 Å². The fraction of sp³-hybridized carbons (Fsp3) is 0.231. The standard InChI is InChI=1S/C13H12N3/c1-2-5-12-10-16(9-6-11(12)4-1)13-14-7-3-8-15-13/h2-5,7-8H,6,9-10H2. The van der Waals surface area contributed by atoms with Crippen molar-refractivity contribution in [1.29, 1.82) is 0 Å². The molecule has 1 aromatic carbocycles. The fourth-order valence-electron chi connectivity index (χ4n) is 2.05. The van der Waals surface area contributed by atoms with E-state index in [0.29, 0.717) is 0 Å². The van der Waals surface area contributed by atoms with Crippen LogP contribution in [-0.2, 0) is 13.0 Å². The molecule has 1 radical (unpaired) electrons. The summed E-state index contributed by atoms with van der Waals surface area (Å²) in [5.41, 5.74) is 2.76. The second-order valence-electron chi connectivity index (χ2n) is 3.92. The number of hydrogen-bond acceptors (Lipinski definition) is 3. The molecule has 0 aliphatic carbocycles. The second kappa shape index (κ2) is 3.93. The number of benzene rings is 1. The van der Waals surface area contributed by atoms with Crippen LogP contribution in [0.1, 0.15) is 11.1 Å². The number of fused-ring (bicyclic) bond motifs is 1. The van der Waals surface area contributed by atoms with Gasteiger partial charge in [0.05, 0.1) is 0 Å². The Hall–Kier alpha value is -1.90. The fourth-order valence-corrected chi connectivity index (χ4v) is 2.05. The first-order chi connectivity index (χ1) is 7.93. The highest BCUT2D eigenvalue weighted by Crippen LogP contribution is 2.20. The van der Waals surface area contributed by atoms with Crippen LogP contribution in [0.25, 0.3) is 0 Å². The number of aromatic nitrogens is 2. The average molecular weight is 210 g/mol. The second-order valence-corrected chi connectivity index (χ2v) is 3.92. The van der Waals surface area contributed by atoms with Crippen molar-refractivity contribution in [2.75, 3.05) is 11.4 Å². The van der Waals surface area contributed by atoms with Crippen LogP contribution in [0.5, 0.6) is 0 Å². The Morgan fingerprint density at radius 3 is 2.94 bits per heavy atom. The number of anilines is 1. The summed E-state index contributed by atoms with van der Waals surface area (Å²) in [4.78, 5) is 10.8. The summed E-state index contributed by atoms with van der Waals surface area (Å²) in [6.45, 7) is 1.88. The Labute approximate surface area is 94.8 Å². The SMILES string of the molecule is [c]1ccc2c(c1)CCN(c1ncccn1)C2. The molecule has 1 aromatic heterocycles. The lowest BCUT2D eigenvalue weighted by atomic mass is 10.0. The molecule has 3 heteroatoms. The van der Waals surface area contributed by atoms with E-state index in [9.17, 15) is 0 Å². The van der Waals surface area contributed by atoms with Crippen LogP contribution in [0.2, 0.25) is 0 Å². The van der Waals surface area contributed by atoms with Crippen LogP contribution in [0.4, 0.5) is 5.95 Å². The van der Waals surface area contributed by atoms with Gasteiger partial charge in [0.2, 0.25) is 5.95 Å². The molecule has 2 aromatic rings. The van der Waals surface area contributed by atoms with E-state index in [1.807, 2.05) is 12.1 Å². The molecular formula is C13H12N3. The van der Waals surface area contributed by atoms with Gasteiger partial charge in [0, 0.05) is 25.5 Å². The molecule has 0 spiro atoms. The zero-order valence-electron chi connectivity index (χ0n) is 8.93. The molecule has 2 heterocycles. The van der Waals surface area contributed by atoms with E-state index in [2.05, 4.69) is 33.1 Å². The van der Waals surface area contributed by atoms with Crippen LogP contribution in [-0.4, -0.2) is 16.5 Å². The first-order valence-corrected chi connectivity index (χ1v) is 5.43. The Morgan fingerprint density at radius 1 is 1.19 bits per heavy atom. The lowest BCUT2D eigenvalue weighted by Crippen LogP contribution is -2.31. The lowest BCUT2D eigenvalue weighted by molar-refractivity contribution is 0.707. The van der Waals surface area contributed by atoms with Gasteiger partial charge in [0.1, 0.15) is 0 Å². The number of hydrogen-bond donors (Lipinski definition) is 0. The number of rotatable bonds is 1. The molecule has 0 amide bonds. The van der Waals surface area contributed by atoms with E-state index in [0.717, 1.165) is 25.5 Å². The molecule has 1 aliphatic heterocycles. The molecule has 3 rings (SSSR count). The first-order valence-electron chi connectivity index (χ1n) is 5.43. The molecule has 16 heavy (non-hydrogen) atoms. The molecule has 0 unspecified atom stereocenters. The van der Waals surface area contributed by atoms with Crippen LogP contribution in [0, 0.1) is 6.07 Å². The Bertz CT molecular complexity index is 482. The van der Waals surface area contributed by atoms with Crippen molar-refractivity contribution in [3.05, 3.63) is 53.9 Å². The molecule has 0 fully saturated rings. The van der Waals surface area contributed by atoms with E-state index in [1.54, 1.807) is 12.4 Å². The van der Waals surface area contributed by atoms with Crippen molar-refractivity contribution in [3.8, 4) is 0 Å².